The molecule has 0 radical (unpaired) electrons. The van der Waals surface area contributed by atoms with Crippen molar-refractivity contribution in [3.05, 3.63) is 29.6 Å². The van der Waals surface area contributed by atoms with Crippen LogP contribution in [0, 0.1) is 11.7 Å². The summed E-state index contributed by atoms with van der Waals surface area (Å²) in [5.41, 5.74) is 0.913. The minimum Gasteiger partial charge on any atom is -0.496 e. The summed E-state index contributed by atoms with van der Waals surface area (Å²) in [6, 6.07) is 4.85. The van der Waals surface area contributed by atoms with Crippen molar-refractivity contribution in [3.63, 3.8) is 0 Å². The third-order valence-electron chi connectivity index (χ3n) is 4.53. The Morgan fingerprint density at radius 3 is 2.90 bits per heavy atom. The zero-order chi connectivity index (χ0) is 14.1. The normalized spacial score (nSPS) is 29.6. The van der Waals surface area contributed by atoms with E-state index < -0.39 is 0 Å². The first-order valence-corrected chi connectivity index (χ1v) is 7.45. The molecule has 110 valence electrons. The lowest BCUT2D eigenvalue weighted by Gasteiger charge is -2.30. The second kappa shape index (κ2) is 5.70. The topological polar surface area (TPSA) is 30.5 Å². The number of nitrogens with one attached hydrogen (secondary N) is 1. The lowest BCUT2D eigenvalue weighted by molar-refractivity contribution is 0.0856. The predicted octanol–water partition coefficient (Wildman–Crippen LogP) is 3.05. The van der Waals surface area contributed by atoms with Crippen LogP contribution in [0.5, 0.6) is 5.75 Å². The quantitative estimate of drug-likeness (QED) is 0.898. The van der Waals surface area contributed by atoms with E-state index in [1.165, 1.54) is 12.5 Å². The van der Waals surface area contributed by atoms with Gasteiger partial charge < -0.3 is 14.8 Å². The molecule has 2 saturated heterocycles. The molecule has 2 fully saturated rings. The summed E-state index contributed by atoms with van der Waals surface area (Å²) < 4.78 is 25.0. The maximum Gasteiger partial charge on any atom is 0.123 e. The average Bonchev–Trinajstić information content (AvgIpc) is 3.07. The summed E-state index contributed by atoms with van der Waals surface area (Å²) in [5, 5.41) is 3.50. The first-order valence-electron chi connectivity index (χ1n) is 7.45. The van der Waals surface area contributed by atoms with Crippen LogP contribution in [-0.4, -0.2) is 25.9 Å². The van der Waals surface area contributed by atoms with E-state index in [4.69, 9.17) is 9.47 Å². The number of halogens is 1. The molecule has 4 atom stereocenters. The molecule has 0 amide bonds. The molecule has 0 saturated carbocycles. The fourth-order valence-corrected chi connectivity index (χ4v) is 3.69. The molecule has 2 aliphatic rings. The number of hydrogen-bond acceptors (Lipinski definition) is 3. The summed E-state index contributed by atoms with van der Waals surface area (Å²) in [5.74, 6) is 0.942. The van der Waals surface area contributed by atoms with Crippen molar-refractivity contribution in [3.8, 4) is 5.75 Å². The Morgan fingerprint density at radius 1 is 1.45 bits per heavy atom. The zero-order valence-corrected chi connectivity index (χ0v) is 12.1. The molecule has 0 aromatic heterocycles. The van der Waals surface area contributed by atoms with E-state index in [1.807, 2.05) is 0 Å². The predicted molar refractivity (Wildman–Crippen MR) is 75.4 cm³/mol. The number of rotatable bonds is 5. The SMILES string of the molecule is CCNC(c1cc(F)ccc1OC)C1CC2CCC1O2. The third-order valence-corrected chi connectivity index (χ3v) is 4.53. The Bertz CT molecular complexity index is 480. The second-order valence-corrected chi connectivity index (χ2v) is 5.70. The highest BCUT2D eigenvalue weighted by atomic mass is 19.1. The fourth-order valence-electron chi connectivity index (χ4n) is 3.69. The van der Waals surface area contributed by atoms with Gasteiger partial charge >= 0.3 is 0 Å². The van der Waals surface area contributed by atoms with Crippen molar-refractivity contribution in [2.75, 3.05) is 13.7 Å². The minimum absolute atomic E-state index is 0.0981. The highest BCUT2D eigenvalue weighted by Crippen LogP contribution is 2.46. The van der Waals surface area contributed by atoms with Gasteiger partial charge in [-0.1, -0.05) is 6.92 Å². The van der Waals surface area contributed by atoms with Crippen LogP contribution in [0.25, 0.3) is 0 Å². The van der Waals surface area contributed by atoms with Gasteiger partial charge in [-0.25, -0.2) is 4.39 Å². The van der Waals surface area contributed by atoms with E-state index >= 15 is 0 Å². The second-order valence-electron chi connectivity index (χ2n) is 5.70. The molecule has 1 aromatic rings. The molecule has 0 spiro atoms. The van der Waals surface area contributed by atoms with Gasteiger partial charge in [0.25, 0.3) is 0 Å². The van der Waals surface area contributed by atoms with Crippen LogP contribution < -0.4 is 10.1 Å². The Morgan fingerprint density at radius 2 is 2.30 bits per heavy atom. The summed E-state index contributed by atoms with van der Waals surface area (Å²) in [7, 11) is 1.64. The Kier molecular flexibility index (Phi) is 3.94. The largest absolute Gasteiger partial charge is 0.496 e. The molecule has 20 heavy (non-hydrogen) atoms. The van der Waals surface area contributed by atoms with Crippen molar-refractivity contribution >= 4 is 0 Å². The fraction of sp³-hybridized carbons (Fsp3) is 0.625. The van der Waals surface area contributed by atoms with Crippen molar-refractivity contribution in [1.82, 2.24) is 5.32 Å². The minimum atomic E-state index is -0.215. The van der Waals surface area contributed by atoms with Gasteiger partial charge in [0.2, 0.25) is 0 Å². The van der Waals surface area contributed by atoms with Crippen LogP contribution >= 0.6 is 0 Å². The molecule has 3 nitrogen and oxygen atoms in total. The van der Waals surface area contributed by atoms with Gasteiger partial charge in [0, 0.05) is 17.5 Å². The van der Waals surface area contributed by atoms with E-state index in [-0.39, 0.29) is 11.9 Å². The van der Waals surface area contributed by atoms with E-state index in [1.54, 1.807) is 19.2 Å². The molecular weight excluding hydrogens is 257 g/mol. The van der Waals surface area contributed by atoms with E-state index in [0.717, 1.165) is 30.7 Å². The lowest BCUT2D eigenvalue weighted by atomic mass is 9.80. The molecule has 1 aromatic carbocycles. The van der Waals surface area contributed by atoms with Gasteiger partial charge in [-0.2, -0.15) is 0 Å². The summed E-state index contributed by atoms with van der Waals surface area (Å²) in [6.07, 6.45) is 4.04. The maximum absolute atomic E-state index is 13.6. The summed E-state index contributed by atoms with van der Waals surface area (Å²) >= 11 is 0. The van der Waals surface area contributed by atoms with Gasteiger partial charge in [0.15, 0.2) is 0 Å². The maximum atomic E-state index is 13.6. The number of hydrogen-bond donors (Lipinski definition) is 1. The van der Waals surface area contributed by atoms with Crippen LogP contribution in [0.4, 0.5) is 4.39 Å². The number of methoxy groups -OCH3 is 1. The molecule has 2 heterocycles. The molecule has 1 N–H and O–H groups in total. The van der Waals surface area contributed by atoms with Crippen molar-refractivity contribution in [1.29, 1.82) is 0 Å². The lowest BCUT2D eigenvalue weighted by Crippen LogP contribution is -2.34. The van der Waals surface area contributed by atoms with E-state index in [9.17, 15) is 4.39 Å². The van der Waals surface area contributed by atoms with Crippen LogP contribution in [0.15, 0.2) is 18.2 Å². The number of benzene rings is 1. The standard InChI is InChI=1S/C16H22FNO2/c1-3-18-16(13-9-11-5-7-15(13)20-11)12-8-10(17)4-6-14(12)19-2/h4,6,8,11,13,15-16,18H,3,5,7,9H2,1-2H3. The first-order chi connectivity index (χ1) is 9.72. The Balaban J connectivity index is 1.92. The van der Waals surface area contributed by atoms with Crippen molar-refractivity contribution in [2.24, 2.45) is 5.92 Å². The molecule has 3 rings (SSSR count). The van der Waals surface area contributed by atoms with Gasteiger partial charge in [-0.05, 0) is 44.0 Å². The van der Waals surface area contributed by atoms with Crippen LogP contribution in [0.1, 0.15) is 37.8 Å². The van der Waals surface area contributed by atoms with Crippen LogP contribution in [0.3, 0.4) is 0 Å². The van der Waals surface area contributed by atoms with Crippen LogP contribution in [-0.2, 0) is 4.74 Å². The molecule has 4 unspecified atom stereocenters. The highest BCUT2D eigenvalue weighted by molar-refractivity contribution is 5.37. The van der Waals surface area contributed by atoms with Crippen LogP contribution in [0.2, 0.25) is 0 Å². The average molecular weight is 279 g/mol. The summed E-state index contributed by atoms with van der Waals surface area (Å²) in [4.78, 5) is 0. The smallest absolute Gasteiger partial charge is 0.123 e. The summed E-state index contributed by atoms with van der Waals surface area (Å²) in [6.45, 7) is 2.92. The van der Waals surface area contributed by atoms with Gasteiger partial charge in [0.1, 0.15) is 11.6 Å². The molecule has 2 bridgehead atoms. The Hall–Kier alpha value is -1.13. The van der Waals surface area contributed by atoms with Gasteiger partial charge in [-0.3, -0.25) is 0 Å². The number of ether oxygens (including phenoxy) is 2. The van der Waals surface area contributed by atoms with Gasteiger partial charge in [-0.15, -0.1) is 0 Å². The number of fused-ring (bicyclic) bond motifs is 2. The van der Waals surface area contributed by atoms with Crippen molar-refractivity contribution < 1.29 is 13.9 Å². The molecule has 0 aliphatic carbocycles. The van der Waals surface area contributed by atoms with E-state index in [2.05, 4.69) is 12.2 Å². The monoisotopic (exact) mass is 279 g/mol. The molecular formula is C16H22FNO2. The van der Waals surface area contributed by atoms with Crippen molar-refractivity contribution in [2.45, 2.75) is 44.4 Å². The highest BCUT2D eigenvalue weighted by Gasteiger charge is 2.45. The van der Waals surface area contributed by atoms with E-state index in [0.29, 0.717) is 18.1 Å². The first kappa shape index (κ1) is 13.8. The van der Waals surface area contributed by atoms with Gasteiger partial charge in [0.05, 0.1) is 19.3 Å². The zero-order valence-electron chi connectivity index (χ0n) is 12.1. The Labute approximate surface area is 119 Å². The molecule has 4 heteroatoms. The molecule has 2 aliphatic heterocycles. The third kappa shape index (κ3) is 2.42.